The number of carbonyl (C=O) groups is 1. The van der Waals surface area contributed by atoms with Crippen molar-refractivity contribution in [1.82, 2.24) is 5.32 Å². The number of amides is 1. The summed E-state index contributed by atoms with van der Waals surface area (Å²) in [5.74, 6) is -0.205. The predicted octanol–water partition coefficient (Wildman–Crippen LogP) is 3.33. The van der Waals surface area contributed by atoms with Crippen LogP contribution in [0.15, 0.2) is 48.5 Å². The monoisotopic (exact) mass is 362 g/mol. The van der Waals surface area contributed by atoms with Crippen LogP contribution in [0.25, 0.3) is 0 Å². The molecule has 0 bridgehead atoms. The van der Waals surface area contributed by atoms with E-state index >= 15 is 0 Å². The zero-order chi connectivity index (χ0) is 17.7. The standard InChI is InChI=1S/C20H26N2O2.ClH/c1-20(2,3)17-10-8-15(9-11-17)18(23)13-22-19(24)16-6-4-14(12-21)5-7-16;/h4-11,18,23H,12-13,21H2,1-3H3,(H,22,24);1H. The van der Waals surface area contributed by atoms with Crippen molar-refractivity contribution in [3.63, 3.8) is 0 Å². The van der Waals surface area contributed by atoms with E-state index in [2.05, 4.69) is 26.1 Å². The van der Waals surface area contributed by atoms with Crippen LogP contribution in [-0.2, 0) is 12.0 Å². The molecule has 0 aliphatic carbocycles. The van der Waals surface area contributed by atoms with Crippen molar-refractivity contribution in [3.05, 3.63) is 70.8 Å². The Balaban J connectivity index is 0.00000312. The molecule has 2 rings (SSSR count). The van der Waals surface area contributed by atoms with E-state index in [1.807, 2.05) is 36.4 Å². The van der Waals surface area contributed by atoms with Crippen molar-refractivity contribution < 1.29 is 9.90 Å². The van der Waals surface area contributed by atoms with Crippen LogP contribution in [0.5, 0.6) is 0 Å². The summed E-state index contributed by atoms with van der Waals surface area (Å²) in [7, 11) is 0. The molecule has 0 fully saturated rings. The van der Waals surface area contributed by atoms with Gasteiger partial charge in [0.15, 0.2) is 0 Å². The van der Waals surface area contributed by atoms with Crippen molar-refractivity contribution in [1.29, 1.82) is 0 Å². The van der Waals surface area contributed by atoms with Crippen molar-refractivity contribution in [2.75, 3.05) is 6.54 Å². The molecule has 1 atom stereocenters. The van der Waals surface area contributed by atoms with Gasteiger partial charge in [-0.2, -0.15) is 0 Å². The zero-order valence-electron chi connectivity index (χ0n) is 15.0. The molecule has 0 saturated carbocycles. The minimum atomic E-state index is -0.730. The number of aliphatic hydroxyl groups is 1. The van der Waals surface area contributed by atoms with Gasteiger partial charge in [0, 0.05) is 18.7 Å². The predicted molar refractivity (Wildman–Crippen MR) is 104 cm³/mol. The first-order chi connectivity index (χ1) is 11.3. The average molecular weight is 363 g/mol. The summed E-state index contributed by atoms with van der Waals surface area (Å²) in [5, 5.41) is 13.0. The van der Waals surface area contributed by atoms with Crippen LogP contribution in [0.1, 0.15) is 53.9 Å². The molecular weight excluding hydrogens is 336 g/mol. The van der Waals surface area contributed by atoms with E-state index in [0.717, 1.165) is 11.1 Å². The highest BCUT2D eigenvalue weighted by molar-refractivity contribution is 5.94. The van der Waals surface area contributed by atoms with Gasteiger partial charge in [0.2, 0.25) is 0 Å². The second-order valence-electron chi connectivity index (χ2n) is 7.00. The minimum absolute atomic E-state index is 0. The number of hydrogen-bond acceptors (Lipinski definition) is 3. The molecule has 136 valence electrons. The Kier molecular flexibility index (Phi) is 7.61. The van der Waals surface area contributed by atoms with E-state index in [1.165, 1.54) is 5.56 Å². The Morgan fingerprint density at radius 3 is 2.12 bits per heavy atom. The fourth-order valence-electron chi connectivity index (χ4n) is 2.41. The molecule has 0 heterocycles. The number of carbonyl (C=O) groups excluding carboxylic acids is 1. The van der Waals surface area contributed by atoms with E-state index in [4.69, 9.17) is 5.73 Å². The van der Waals surface area contributed by atoms with Crippen molar-refractivity contribution >= 4 is 18.3 Å². The molecule has 0 saturated heterocycles. The van der Waals surface area contributed by atoms with Crippen LogP contribution >= 0.6 is 12.4 Å². The molecule has 0 aliphatic heterocycles. The summed E-state index contributed by atoms with van der Waals surface area (Å²) in [6, 6.07) is 15.0. The van der Waals surface area contributed by atoms with E-state index in [1.54, 1.807) is 12.1 Å². The van der Waals surface area contributed by atoms with Crippen LogP contribution in [-0.4, -0.2) is 17.6 Å². The number of rotatable bonds is 5. The lowest BCUT2D eigenvalue weighted by molar-refractivity contribution is 0.0916. The highest BCUT2D eigenvalue weighted by Gasteiger charge is 2.15. The Morgan fingerprint density at radius 1 is 1.08 bits per heavy atom. The van der Waals surface area contributed by atoms with Crippen LogP contribution in [0.2, 0.25) is 0 Å². The summed E-state index contributed by atoms with van der Waals surface area (Å²) in [4.78, 5) is 12.1. The fraction of sp³-hybridized carbons (Fsp3) is 0.350. The first-order valence-electron chi connectivity index (χ1n) is 8.17. The van der Waals surface area contributed by atoms with E-state index in [-0.39, 0.29) is 30.3 Å². The largest absolute Gasteiger partial charge is 0.387 e. The second-order valence-corrected chi connectivity index (χ2v) is 7.00. The van der Waals surface area contributed by atoms with Crippen LogP contribution in [0, 0.1) is 0 Å². The first kappa shape index (κ1) is 21.2. The third-order valence-corrected chi connectivity index (χ3v) is 4.07. The van der Waals surface area contributed by atoms with E-state index in [9.17, 15) is 9.90 Å². The van der Waals surface area contributed by atoms with Gasteiger partial charge in [-0.25, -0.2) is 0 Å². The van der Waals surface area contributed by atoms with Gasteiger partial charge in [-0.3, -0.25) is 4.79 Å². The number of hydrogen-bond donors (Lipinski definition) is 3. The summed E-state index contributed by atoms with van der Waals surface area (Å²) in [5.41, 5.74) is 9.16. The normalized spacial score (nSPS) is 12.2. The van der Waals surface area contributed by atoms with Crippen LogP contribution in [0.4, 0.5) is 0 Å². The van der Waals surface area contributed by atoms with E-state index < -0.39 is 6.10 Å². The van der Waals surface area contributed by atoms with Crippen LogP contribution < -0.4 is 11.1 Å². The number of halogens is 1. The average Bonchev–Trinajstić information content (AvgIpc) is 2.58. The molecular formula is C20H27ClN2O2. The summed E-state index contributed by atoms with van der Waals surface area (Å²) < 4.78 is 0. The third kappa shape index (κ3) is 5.85. The van der Waals surface area contributed by atoms with Gasteiger partial charge in [-0.05, 0) is 34.2 Å². The van der Waals surface area contributed by atoms with Crippen LogP contribution in [0.3, 0.4) is 0 Å². The molecule has 0 aromatic heterocycles. The van der Waals surface area contributed by atoms with Gasteiger partial charge in [0.1, 0.15) is 0 Å². The van der Waals surface area contributed by atoms with Gasteiger partial charge >= 0.3 is 0 Å². The molecule has 5 heteroatoms. The molecule has 2 aromatic rings. The minimum Gasteiger partial charge on any atom is -0.387 e. The van der Waals surface area contributed by atoms with Crippen molar-refractivity contribution in [2.24, 2.45) is 5.73 Å². The van der Waals surface area contributed by atoms with Gasteiger partial charge < -0.3 is 16.2 Å². The van der Waals surface area contributed by atoms with Gasteiger partial charge in [-0.1, -0.05) is 57.2 Å². The Hall–Kier alpha value is -1.88. The van der Waals surface area contributed by atoms with E-state index in [0.29, 0.717) is 12.1 Å². The molecule has 25 heavy (non-hydrogen) atoms. The lowest BCUT2D eigenvalue weighted by Crippen LogP contribution is -2.28. The topological polar surface area (TPSA) is 75.3 Å². The Bertz CT molecular complexity index is 676. The number of benzene rings is 2. The van der Waals surface area contributed by atoms with Crippen molar-refractivity contribution in [3.8, 4) is 0 Å². The molecule has 2 aromatic carbocycles. The Morgan fingerprint density at radius 2 is 1.64 bits per heavy atom. The molecule has 0 radical (unpaired) electrons. The lowest BCUT2D eigenvalue weighted by Gasteiger charge is -2.20. The molecule has 0 aliphatic rings. The first-order valence-corrected chi connectivity index (χ1v) is 8.17. The number of nitrogens with one attached hydrogen (secondary N) is 1. The third-order valence-electron chi connectivity index (χ3n) is 4.07. The quantitative estimate of drug-likeness (QED) is 0.763. The SMILES string of the molecule is CC(C)(C)c1ccc(C(O)CNC(=O)c2ccc(CN)cc2)cc1.Cl. The number of aliphatic hydroxyl groups excluding tert-OH is 1. The van der Waals surface area contributed by atoms with Gasteiger partial charge in [0.05, 0.1) is 6.10 Å². The zero-order valence-corrected chi connectivity index (χ0v) is 15.8. The number of nitrogens with two attached hydrogens (primary N) is 1. The second kappa shape index (κ2) is 8.99. The molecule has 4 N–H and O–H groups in total. The summed E-state index contributed by atoms with van der Waals surface area (Å²) in [6.07, 6.45) is -0.730. The van der Waals surface area contributed by atoms with Crippen molar-refractivity contribution in [2.45, 2.75) is 38.8 Å². The maximum Gasteiger partial charge on any atom is 0.251 e. The molecule has 1 unspecified atom stereocenters. The molecule has 1 amide bonds. The molecule has 4 nitrogen and oxygen atoms in total. The summed E-state index contributed by atoms with van der Waals surface area (Å²) >= 11 is 0. The highest BCUT2D eigenvalue weighted by Crippen LogP contribution is 2.23. The highest BCUT2D eigenvalue weighted by atomic mass is 35.5. The van der Waals surface area contributed by atoms with Gasteiger partial charge in [-0.15, -0.1) is 12.4 Å². The maximum atomic E-state index is 12.1. The summed E-state index contributed by atoms with van der Waals surface area (Å²) in [6.45, 7) is 7.06. The Labute approximate surface area is 155 Å². The maximum absolute atomic E-state index is 12.1. The smallest absolute Gasteiger partial charge is 0.251 e. The fourth-order valence-corrected chi connectivity index (χ4v) is 2.41. The lowest BCUT2D eigenvalue weighted by atomic mass is 9.86. The molecule has 0 spiro atoms. The van der Waals surface area contributed by atoms with Gasteiger partial charge in [0.25, 0.3) is 5.91 Å².